The molecule has 5 heteroatoms. The van der Waals surface area contributed by atoms with Crippen molar-refractivity contribution in [2.24, 2.45) is 0 Å². The summed E-state index contributed by atoms with van der Waals surface area (Å²) in [5.74, 6) is -0.453. The molecule has 0 fully saturated rings. The summed E-state index contributed by atoms with van der Waals surface area (Å²) < 4.78 is 19.5. The monoisotopic (exact) mass is 367 g/mol. The number of rotatable bonds is 3. The van der Waals surface area contributed by atoms with Crippen LogP contribution >= 0.6 is 11.3 Å². The van der Waals surface area contributed by atoms with Crippen LogP contribution in [0.4, 0.5) is 4.39 Å². The van der Waals surface area contributed by atoms with Gasteiger partial charge in [-0.1, -0.05) is 30.3 Å². The topological polar surface area (TPSA) is 29.5 Å². The molecule has 1 aliphatic rings. The molecule has 26 heavy (non-hydrogen) atoms. The Morgan fingerprint density at radius 3 is 2.73 bits per heavy atom. The quantitative estimate of drug-likeness (QED) is 0.672. The van der Waals surface area contributed by atoms with Crippen LogP contribution in [0.1, 0.15) is 32.4 Å². The fraction of sp³-hybridized carbons (Fsp3) is 0.190. The van der Waals surface area contributed by atoms with E-state index >= 15 is 0 Å². The minimum Gasteiger partial charge on any atom is -0.497 e. The molecule has 0 aliphatic carbocycles. The fourth-order valence-corrected chi connectivity index (χ4v) is 4.38. The van der Waals surface area contributed by atoms with Crippen LogP contribution in [-0.4, -0.2) is 24.5 Å². The maximum absolute atomic E-state index is 14.5. The van der Waals surface area contributed by atoms with E-state index < -0.39 is 5.82 Å². The lowest BCUT2D eigenvalue weighted by Crippen LogP contribution is -2.40. The van der Waals surface area contributed by atoms with E-state index in [-0.39, 0.29) is 17.5 Å². The molecule has 0 N–H and O–H groups in total. The van der Waals surface area contributed by atoms with Crippen LogP contribution in [0.3, 0.4) is 0 Å². The summed E-state index contributed by atoms with van der Waals surface area (Å²) in [6.45, 7) is 0.567. The number of hydrogen-bond acceptors (Lipinski definition) is 3. The molecule has 132 valence electrons. The predicted octanol–water partition coefficient (Wildman–Crippen LogP) is 4.68. The Labute approximate surface area is 155 Å². The summed E-state index contributed by atoms with van der Waals surface area (Å²) in [5, 5.41) is 2.06. The number of thiophene rings is 1. The third-order valence-electron chi connectivity index (χ3n) is 4.75. The van der Waals surface area contributed by atoms with Gasteiger partial charge in [0.15, 0.2) is 0 Å². The number of ether oxygens (including phenoxy) is 1. The van der Waals surface area contributed by atoms with Gasteiger partial charge in [-0.3, -0.25) is 4.79 Å². The first kappa shape index (κ1) is 16.8. The molecule has 3 aromatic rings. The van der Waals surface area contributed by atoms with E-state index in [1.807, 2.05) is 30.3 Å². The molecule has 2 heterocycles. The highest BCUT2D eigenvalue weighted by Crippen LogP contribution is 2.38. The van der Waals surface area contributed by atoms with Gasteiger partial charge < -0.3 is 9.64 Å². The standard InChI is InChI=1S/C21H18FNO2S/c1-25-15-7-8-16(18(22)13-15)21(24)23-11-9-19-17(10-12-26-19)20(23)14-5-3-2-4-6-14/h2-8,10,12-13,20H,9,11H2,1H3. The Hall–Kier alpha value is -2.66. The number of carbonyl (C=O) groups excluding carboxylic acids is 1. The van der Waals surface area contributed by atoms with Gasteiger partial charge in [0, 0.05) is 17.5 Å². The second-order valence-electron chi connectivity index (χ2n) is 6.21. The van der Waals surface area contributed by atoms with E-state index in [0.717, 1.165) is 17.5 Å². The van der Waals surface area contributed by atoms with Crippen molar-refractivity contribution in [3.8, 4) is 5.75 Å². The molecule has 3 nitrogen and oxygen atoms in total. The largest absolute Gasteiger partial charge is 0.497 e. The first-order valence-electron chi connectivity index (χ1n) is 8.44. The molecule has 0 spiro atoms. The van der Waals surface area contributed by atoms with E-state index in [4.69, 9.17) is 4.74 Å². The number of methoxy groups -OCH3 is 1. The predicted molar refractivity (Wildman–Crippen MR) is 100 cm³/mol. The van der Waals surface area contributed by atoms with Gasteiger partial charge in [0.05, 0.1) is 18.7 Å². The Balaban J connectivity index is 1.76. The molecular weight excluding hydrogens is 349 g/mol. The van der Waals surface area contributed by atoms with Crippen molar-refractivity contribution in [2.75, 3.05) is 13.7 Å². The zero-order chi connectivity index (χ0) is 18.1. The summed E-state index contributed by atoms with van der Waals surface area (Å²) in [6, 6.07) is 16.2. The molecule has 4 rings (SSSR count). The van der Waals surface area contributed by atoms with Crippen LogP contribution in [0, 0.1) is 5.82 Å². The third-order valence-corrected chi connectivity index (χ3v) is 5.75. The fourth-order valence-electron chi connectivity index (χ4n) is 3.48. The summed E-state index contributed by atoms with van der Waals surface area (Å²) >= 11 is 1.71. The minimum atomic E-state index is -0.558. The molecule has 0 saturated heterocycles. The number of nitrogens with zero attached hydrogens (tertiary/aromatic N) is 1. The van der Waals surface area contributed by atoms with Gasteiger partial charge in [-0.05, 0) is 41.1 Å². The van der Waals surface area contributed by atoms with Crippen molar-refractivity contribution in [3.63, 3.8) is 0 Å². The molecule has 1 atom stereocenters. The number of carbonyl (C=O) groups is 1. The highest BCUT2D eigenvalue weighted by Gasteiger charge is 2.34. The van der Waals surface area contributed by atoms with Crippen LogP contribution in [0.15, 0.2) is 60.0 Å². The van der Waals surface area contributed by atoms with Gasteiger partial charge in [0.1, 0.15) is 11.6 Å². The van der Waals surface area contributed by atoms with Crippen LogP contribution in [0.2, 0.25) is 0 Å². The van der Waals surface area contributed by atoms with E-state index in [0.29, 0.717) is 12.3 Å². The van der Waals surface area contributed by atoms with Crippen LogP contribution < -0.4 is 4.74 Å². The van der Waals surface area contributed by atoms with Crippen LogP contribution in [0.5, 0.6) is 5.75 Å². The van der Waals surface area contributed by atoms with E-state index in [2.05, 4.69) is 11.4 Å². The van der Waals surface area contributed by atoms with Gasteiger partial charge in [-0.2, -0.15) is 0 Å². The lowest BCUT2D eigenvalue weighted by Gasteiger charge is -2.36. The van der Waals surface area contributed by atoms with Gasteiger partial charge in [0.25, 0.3) is 5.91 Å². The van der Waals surface area contributed by atoms with E-state index in [9.17, 15) is 9.18 Å². The average molecular weight is 367 g/mol. The molecule has 1 aromatic heterocycles. The van der Waals surface area contributed by atoms with Gasteiger partial charge >= 0.3 is 0 Å². The Morgan fingerprint density at radius 2 is 2.00 bits per heavy atom. The van der Waals surface area contributed by atoms with Crippen molar-refractivity contribution in [1.29, 1.82) is 0 Å². The average Bonchev–Trinajstić information content (AvgIpc) is 3.16. The zero-order valence-electron chi connectivity index (χ0n) is 14.3. The molecule has 1 aliphatic heterocycles. The lowest BCUT2D eigenvalue weighted by atomic mass is 9.92. The highest BCUT2D eigenvalue weighted by molar-refractivity contribution is 7.10. The van der Waals surface area contributed by atoms with Gasteiger partial charge in [0.2, 0.25) is 0 Å². The van der Waals surface area contributed by atoms with Crippen molar-refractivity contribution in [3.05, 3.63) is 87.4 Å². The first-order chi connectivity index (χ1) is 12.7. The van der Waals surface area contributed by atoms with E-state index in [1.54, 1.807) is 22.3 Å². The number of amides is 1. The third kappa shape index (κ3) is 2.88. The maximum Gasteiger partial charge on any atom is 0.257 e. The van der Waals surface area contributed by atoms with Crippen LogP contribution in [0.25, 0.3) is 0 Å². The number of fused-ring (bicyclic) bond motifs is 1. The van der Waals surface area contributed by atoms with Gasteiger partial charge in [-0.25, -0.2) is 4.39 Å². The highest BCUT2D eigenvalue weighted by atomic mass is 32.1. The second-order valence-corrected chi connectivity index (χ2v) is 7.21. The molecule has 0 bridgehead atoms. The van der Waals surface area contributed by atoms with E-state index in [1.165, 1.54) is 24.1 Å². The lowest BCUT2D eigenvalue weighted by molar-refractivity contribution is 0.0691. The van der Waals surface area contributed by atoms with Crippen molar-refractivity contribution >= 4 is 17.2 Å². The molecule has 0 radical (unpaired) electrons. The smallest absolute Gasteiger partial charge is 0.257 e. The summed E-state index contributed by atoms with van der Waals surface area (Å²) in [5.41, 5.74) is 2.24. The molecule has 0 saturated carbocycles. The number of hydrogen-bond donors (Lipinski definition) is 0. The summed E-state index contributed by atoms with van der Waals surface area (Å²) in [7, 11) is 1.48. The Bertz CT molecular complexity index is 938. The SMILES string of the molecule is COc1ccc(C(=O)N2CCc3sccc3C2c2ccccc2)c(F)c1. The van der Waals surface area contributed by atoms with Gasteiger partial charge in [-0.15, -0.1) is 11.3 Å². The number of halogens is 1. The Morgan fingerprint density at radius 1 is 1.19 bits per heavy atom. The zero-order valence-corrected chi connectivity index (χ0v) is 15.1. The van der Waals surface area contributed by atoms with Crippen molar-refractivity contribution in [2.45, 2.75) is 12.5 Å². The first-order valence-corrected chi connectivity index (χ1v) is 9.32. The molecule has 1 amide bonds. The summed E-state index contributed by atoms with van der Waals surface area (Å²) in [4.78, 5) is 16.2. The molecule has 1 unspecified atom stereocenters. The maximum atomic E-state index is 14.5. The van der Waals surface area contributed by atoms with Crippen molar-refractivity contribution in [1.82, 2.24) is 4.90 Å². The number of benzene rings is 2. The molecular formula is C21H18FNO2S. The second kappa shape index (κ2) is 6.92. The molecule has 2 aromatic carbocycles. The minimum absolute atomic E-state index is 0.0745. The normalized spacial score (nSPS) is 16.2. The van der Waals surface area contributed by atoms with Crippen molar-refractivity contribution < 1.29 is 13.9 Å². The van der Waals surface area contributed by atoms with Crippen LogP contribution in [-0.2, 0) is 6.42 Å². The summed E-state index contributed by atoms with van der Waals surface area (Å²) in [6.07, 6.45) is 0.792. The Kier molecular flexibility index (Phi) is 4.47.